The molecule has 21 heavy (non-hydrogen) atoms. The Balaban J connectivity index is 1.54. The average molecular weight is 289 g/mol. The van der Waals surface area contributed by atoms with E-state index in [1.165, 1.54) is 0 Å². The summed E-state index contributed by atoms with van der Waals surface area (Å²) in [6, 6.07) is 1.82. The van der Waals surface area contributed by atoms with E-state index < -0.39 is 0 Å². The van der Waals surface area contributed by atoms with Crippen LogP contribution in [0.15, 0.2) is 18.5 Å². The topological polar surface area (TPSA) is 52.6 Å². The number of amides is 1. The van der Waals surface area contributed by atoms with Crippen molar-refractivity contribution < 1.29 is 4.79 Å². The fraction of sp³-hybridized carbons (Fsp3) is 0.667. The Morgan fingerprint density at radius 2 is 1.67 bits per heavy atom. The number of piperazine rings is 1. The third-order valence-corrected chi connectivity index (χ3v) is 4.47. The molecule has 0 aromatic carbocycles. The van der Waals surface area contributed by atoms with Crippen molar-refractivity contribution in [2.24, 2.45) is 0 Å². The molecule has 6 heteroatoms. The fourth-order valence-electron chi connectivity index (χ4n) is 3.12. The molecular formula is C15H23N5O. The Kier molecular flexibility index (Phi) is 4.34. The van der Waals surface area contributed by atoms with Crippen LogP contribution < -0.4 is 4.90 Å². The molecule has 0 saturated carbocycles. The highest BCUT2D eigenvalue weighted by Gasteiger charge is 2.30. The summed E-state index contributed by atoms with van der Waals surface area (Å²) in [5.74, 6) is 1.08. The Bertz CT molecular complexity index is 466. The summed E-state index contributed by atoms with van der Waals surface area (Å²) >= 11 is 0. The van der Waals surface area contributed by atoms with Gasteiger partial charge in [0.2, 0.25) is 11.9 Å². The molecule has 2 aliphatic heterocycles. The van der Waals surface area contributed by atoms with Gasteiger partial charge < -0.3 is 9.80 Å². The summed E-state index contributed by atoms with van der Waals surface area (Å²) in [4.78, 5) is 27.5. The smallest absolute Gasteiger partial charge is 0.239 e. The monoisotopic (exact) mass is 289 g/mol. The molecule has 1 atom stereocenters. The summed E-state index contributed by atoms with van der Waals surface area (Å²) in [6.45, 7) is 7.43. The van der Waals surface area contributed by atoms with Crippen molar-refractivity contribution in [3.8, 4) is 0 Å². The molecule has 2 saturated heterocycles. The number of nitrogens with zero attached hydrogens (tertiary/aromatic N) is 5. The summed E-state index contributed by atoms with van der Waals surface area (Å²) in [7, 11) is 0. The Labute approximate surface area is 125 Å². The maximum Gasteiger partial charge on any atom is 0.239 e. The third-order valence-electron chi connectivity index (χ3n) is 4.47. The third kappa shape index (κ3) is 3.15. The lowest BCUT2D eigenvalue weighted by molar-refractivity contribution is -0.135. The predicted molar refractivity (Wildman–Crippen MR) is 81.1 cm³/mol. The van der Waals surface area contributed by atoms with Gasteiger partial charge in [-0.05, 0) is 25.8 Å². The number of aromatic nitrogens is 2. The summed E-state index contributed by atoms with van der Waals surface area (Å²) in [5, 5.41) is 0. The molecular weight excluding hydrogens is 266 g/mol. The molecule has 2 fully saturated rings. The van der Waals surface area contributed by atoms with Crippen molar-refractivity contribution in [1.82, 2.24) is 19.8 Å². The largest absolute Gasteiger partial charge is 0.341 e. The lowest BCUT2D eigenvalue weighted by Crippen LogP contribution is -2.54. The van der Waals surface area contributed by atoms with E-state index in [1.807, 2.05) is 17.9 Å². The van der Waals surface area contributed by atoms with Crippen LogP contribution in [0.4, 0.5) is 5.95 Å². The van der Waals surface area contributed by atoms with Gasteiger partial charge in [-0.1, -0.05) is 0 Å². The molecule has 0 unspecified atom stereocenters. The average Bonchev–Trinajstić information content (AvgIpc) is 3.09. The van der Waals surface area contributed by atoms with E-state index in [0.29, 0.717) is 0 Å². The van der Waals surface area contributed by atoms with Crippen molar-refractivity contribution in [2.45, 2.75) is 25.8 Å². The molecule has 1 aromatic rings. The van der Waals surface area contributed by atoms with Crippen molar-refractivity contribution in [3.63, 3.8) is 0 Å². The van der Waals surface area contributed by atoms with Gasteiger partial charge in [0, 0.05) is 51.7 Å². The Morgan fingerprint density at radius 1 is 1.05 bits per heavy atom. The molecule has 3 rings (SSSR count). The highest BCUT2D eigenvalue weighted by Crippen LogP contribution is 2.15. The second-order valence-corrected chi connectivity index (χ2v) is 5.78. The van der Waals surface area contributed by atoms with Crippen LogP contribution in [0, 0.1) is 0 Å². The zero-order valence-electron chi connectivity index (χ0n) is 12.6. The van der Waals surface area contributed by atoms with Gasteiger partial charge >= 0.3 is 0 Å². The first-order valence-electron chi connectivity index (χ1n) is 7.80. The van der Waals surface area contributed by atoms with Crippen molar-refractivity contribution in [3.05, 3.63) is 18.5 Å². The predicted octanol–water partition coefficient (Wildman–Crippen LogP) is 0.609. The van der Waals surface area contributed by atoms with Gasteiger partial charge in [0.25, 0.3) is 0 Å². The second-order valence-electron chi connectivity index (χ2n) is 5.78. The minimum atomic E-state index is -0.0121. The number of anilines is 1. The van der Waals surface area contributed by atoms with E-state index in [0.717, 1.165) is 58.1 Å². The van der Waals surface area contributed by atoms with Crippen LogP contribution in [0.25, 0.3) is 0 Å². The lowest BCUT2D eigenvalue weighted by Gasteiger charge is -2.38. The number of hydrogen-bond donors (Lipinski definition) is 0. The summed E-state index contributed by atoms with van der Waals surface area (Å²) in [6.07, 6.45) is 5.84. The number of likely N-dealkylation sites (tertiary alicyclic amines) is 1. The van der Waals surface area contributed by atoms with Crippen LogP contribution in [0.5, 0.6) is 0 Å². The molecule has 1 aromatic heterocycles. The Hall–Kier alpha value is -1.69. The molecule has 0 aliphatic carbocycles. The van der Waals surface area contributed by atoms with E-state index in [1.54, 1.807) is 12.4 Å². The van der Waals surface area contributed by atoms with E-state index in [-0.39, 0.29) is 11.9 Å². The van der Waals surface area contributed by atoms with Crippen LogP contribution in [-0.4, -0.2) is 71.0 Å². The molecule has 114 valence electrons. The van der Waals surface area contributed by atoms with Gasteiger partial charge in [-0.25, -0.2) is 9.97 Å². The van der Waals surface area contributed by atoms with Crippen molar-refractivity contribution >= 4 is 11.9 Å². The molecule has 6 nitrogen and oxygen atoms in total. The highest BCUT2D eigenvalue weighted by molar-refractivity contribution is 5.81. The molecule has 0 bridgehead atoms. The second kappa shape index (κ2) is 6.39. The van der Waals surface area contributed by atoms with Crippen LogP contribution in [0.1, 0.15) is 19.8 Å². The first-order valence-corrected chi connectivity index (χ1v) is 7.80. The quantitative estimate of drug-likeness (QED) is 0.816. The van der Waals surface area contributed by atoms with Crippen LogP contribution >= 0.6 is 0 Å². The van der Waals surface area contributed by atoms with Crippen LogP contribution in [0.2, 0.25) is 0 Å². The molecule has 0 N–H and O–H groups in total. The summed E-state index contributed by atoms with van der Waals surface area (Å²) in [5.41, 5.74) is 0. The first-order chi connectivity index (χ1) is 10.3. The van der Waals surface area contributed by atoms with Gasteiger partial charge in [0.15, 0.2) is 0 Å². The summed E-state index contributed by atoms with van der Waals surface area (Å²) < 4.78 is 0. The lowest BCUT2D eigenvalue weighted by atomic mass is 10.2. The number of hydrogen-bond acceptors (Lipinski definition) is 5. The fourth-order valence-corrected chi connectivity index (χ4v) is 3.12. The van der Waals surface area contributed by atoms with Crippen LogP contribution in [0.3, 0.4) is 0 Å². The zero-order valence-corrected chi connectivity index (χ0v) is 12.6. The van der Waals surface area contributed by atoms with E-state index in [4.69, 9.17) is 0 Å². The van der Waals surface area contributed by atoms with Gasteiger partial charge in [0.05, 0.1) is 6.04 Å². The molecule has 1 amide bonds. The van der Waals surface area contributed by atoms with E-state index >= 15 is 0 Å². The maximum atomic E-state index is 12.4. The van der Waals surface area contributed by atoms with Crippen LogP contribution in [-0.2, 0) is 4.79 Å². The normalized spacial score (nSPS) is 21.6. The van der Waals surface area contributed by atoms with E-state index in [2.05, 4.69) is 19.8 Å². The van der Waals surface area contributed by atoms with Gasteiger partial charge in [-0.15, -0.1) is 0 Å². The van der Waals surface area contributed by atoms with Gasteiger partial charge in [0.1, 0.15) is 0 Å². The SMILES string of the molecule is C[C@@H](C(=O)N1CCCC1)N1CCN(c2ncccn2)CC1. The van der Waals surface area contributed by atoms with Gasteiger partial charge in [-0.2, -0.15) is 0 Å². The maximum absolute atomic E-state index is 12.4. The number of rotatable bonds is 3. The minimum Gasteiger partial charge on any atom is -0.341 e. The first kappa shape index (κ1) is 14.3. The molecule has 0 spiro atoms. The van der Waals surface area contributed by atoms with E-state index in [9.17, 15) is 4.79 Å². The highest BCUT2D eigenvalue weighted by atomic mass is 16.2. The molecule has 0 radical (unpaired) electrons. The van der Waals surface area contributed by atoms with Crippen molar-refractivity contribution in [2.75, 3.05) is 44.2 Å². The van der Waals surface area contributed by atoms with Gasteiger partial charge in [-0.3, -0.25) is 9.69 Å². The Morgan fingerprint density at radius 3 is 2.29 bits per heavy atom. The number of carbonyl (C=O) groups is 1. The number of carbonyl (C=O) groups excluding carboxylic acids is 1. The molecule has 2 aliphatic rings. The standard InChI is InChI=1S/C15H23N5O/c1-13(14(21)19-7-2-3-8-19)18-9-11-20(12-10-18)15-16-5-4-6-17-15/h4-6,13H,2-3,7-12H2,1H3/t13-/m0/s1. The van der Waals surface area contributed by atoms with Crippen molar-refractivity contribution in [1.29, 1.82) is 0 Å². The zero-order chi connectivity index (χ0) is 14.7. The minimum absolute atomic E-state index is 0.0121. The molecule has 3 heterocycles.